The summed E-state index contributed by atoms with van der Waals surface area (Å²) in [4.78, 5) is 6.73. The molecule has 0 aliphatic rings. The Morgan fingerprint density at radius 2 is 1.84 bits per heavy atom. The van der Waals surface area contributed by atoms with E-state index >= 15 is 0 Å². The minimum absolute atomic E-state index is 0. The number of aliphatic imine (C=N–C) groups is 1. The zero-order chi connectivity index (χ0) is 17.6. The molecule has 0 aliphatic heterocycles. The highest BCUT2D eigenvalue weighted by atomic mass is 127. The Balaban J connectivity index is 0.00000576. The third kappa shape index (κ3) is 11.0. The normalized spacial score (nSPS) is 11.3. The van der Waals surface area contributed by atoms with Gasteiger partial charge in [-0.05, 0) is 49.1 Å². The summed E-state index contributed by atoms with van der Waals surface area (Å²) in [6.45, 7) is 9.40. The zero-order valence-corrected chi connectivity index (χ0v) is 19.3. The molecule has 1 rings (SSSR count). The molecule has 25 heavy (non-hydrogen) atoms. The van der Waals surface area contributed by atoms with Gasteiger partial charge in [-0.25, -0.2) is 0 Å². The largest absolute Gasteiger partial charge is 0.356 e. The van der Waals surface area contributed by atoms with Crippen LogP contribution in [-0.2, 0) is 13.1 Å². The molecular weight excluding hydrogens is 443 g/mol. The van der Waals surface area contributed by atoms with Gasteiger partial charge in [0.05, 0.1) is 0 Å². The third-order valence-corrected chi connectivity index (χ3v) is 4.74. The van der Waals surface area contributed by atoms with Crippen LogP contribution >= 0.6 is 35.7 Å². The highest BCUT2D eigenvalue weighted by molar-refractivity contribution is 14.0. The number of thioether (sulfide) groups is 1. The first kappa shape index (κ1) is 24.5. The molecule has 0 unspecified atom stereocenters. The van der Waals surface area contributed by atoms with Crippen molar-refractivity contribution in [3.63, 3.8) is 0 Å². The van der Waals surface area contributed by atoms with Crippen LogP contribution in [0.1, 0.15) is 37.8 Å². The summed E-state index contributed by atoms with van der Waals surface area (Å²) < 4.78 is 0. The van der Waals surface area contributed by atoms with E-state index in [1.54, 1.807) is 0 Å². The standard InChI is InChI=1S/C19H34N4S.HI/c1-5-23(6-2)16-18-11-9-10-17(14-18)15-22-19(20-3)21-12-7-8-13-24-4;/h9-11,14H,5-8,12-13,15-16H2,1-4H3,(H2,20,21,22);1H. The van der Waals surface area contributed by atoms with Gasteiger partial charge in [-0.2, -0.15) is 11.8 Å². The summed E-state index contributed by atoms with van der Waals surface area (Å²) in [7, 11) is 1.83. The van der Waals surface area contributed by atoms with Gasteiger partial charge in [0.1, 0.15) is 0 Å². The van der Waals surface area contributed by atoms with E-state index in [4.69, 9.17) is 0 Å². The fourth-order valence-electron chi connectivity index (χ4n) is 2.53. The highest BCUT2D eigenvalue weighted by Crippen LogP contribution is 2.08. The Bertz CT molecular complexity index is 478. The SMILES string of the molecule is CCN(CC)Cc1cccc(CNC(=NC)NCCCCSC)c1.I. The Kier molecular flexibility index (Phi) is 15.5. The predicted octanol–water partition coefficient (Wildman–Crippen LogP) is 3.95. The van der Waals surface area contributed by atoms with Gasteiger partial charge in [-0.15, -0.1) is 24.0 Å². The molecule has 0 aromatic heterocycles. The Labute approximate surface area is 175 Å². The number of rotatable bonds is 11. The van der Waals surface area contributed by atoms with Crippen molar-refractivity contribution in [1.29, 1.82) is 0 Å². The second-order valence-electron chi connectivity index (χ2n) is 5.83. The molecule has 0 spiro atoms. The second-order valence-corrected chi connectivity index (χ2v) is 6.82. The highest BCUT2D eigenvalue weighted by Gasteiger charge is 2.03. The fraction of sp³-hybridized carbons (Fsp3) is 0.632. The van der Waals surface area contributed by atoms with Crippen molar-refractivity contribution in [2.24, 2.45) is 4.99 Å². The molecule has 1 aromatic carbocycles. The van der Waals surface area contributed by atoms with Crippen LogP contribution in [0.3, 0.4) is 0 Å². The summed E-state index contributed by atoms with van der Waals surface area (Å²) in [6, 6.07) is 8.82. The molecule has 1 aromatic rings. The first-order valence-electron chi connectivity index (χ1n) is 8.97. The lowest BCUT2D eigenvalue weighted by Crippen LogP contribution is -2.37. The molecule has 0 atom stereocenters. The number of nitrogens with one attached hydrogen (secondary N) is 2. The quantitative estimate of drug-likeness (QED) is 0.219. The monoisotopic (exact) mass is 478 g/mol. The van der Waals surface area contributed by atoms with Gasteiger partial charge in [0.25, 0.3) is 0 Å². The minimum Gasteiger partial charge on any atom is -0.356 e. The lowest BCUT2D eigenvalue weighted by molar-refractivity contribution is 0.296. The first-order chi connectivity index (χ1) is 11.7. The fourth-order valence-corrected chi connectivity index (χ4v) is 3.02. The van der Waals surface area contributed by atoms with Gasteiger partial charge in [0.15, 0.2) is 5.96 Å². The molecule has 2 N–H and O–H groups in total. The van der Waals surface area contributed by atoms with Crippen LogP contribution in [-0.4, -0.2) is 49.6 Å². The van der Waals surface area contributed by atoms with Gasteiger partial charge in [0.2, 0.25) is 0 Å². The third-order valence-electron chi connectivity index (χ3n) is 4.04. The van der Waals surface area contributed by atoms with E-state index in [-0.39, 0.29) is 24.0 Å². The van der Waals surface area contributed by atoms with Crippen molar-refractivity contribution in [2.45, 2.75) is 39.8 Å². The van der Waals surface area contributed by atoms with Crippen molar-refractivity contribution >= 4 is 41.7 Å². The molecule has 0 heterocycles. The van der Waals surface area contributed by atoms with Crippen LogP contribution in [0.5, 0.6) is 0 Å². The second kappa shape index (κ2) is 15.8. The van der Waals surface area contributed by atoms with E-state index in [9.17, 15) is 0 Å². The minimum atomic E-state index is 0. The van der Waals surface area contributed by atoms with Crippen LogP contribution in [0, 0.1) is 0 Å². The van der Waals surface area contributed by atoms with Crippen LogP contribution in [0.4, 0.5) is 0 Å². The van der Waals surface area contributed by atoms with Gasteiger partial charge < -0.3 is 10.6 Å². The molecule has 0 amide bonds. The molecule has 0 aliphatic carbocycles. The number of nitrogens with zero attached hydrogens (tertiary/aromatic N) is 2. The average molecular weight is 478 g/mol. The van der Waals surface area contributed by atoms with Crippen molar-refractivity contribution in [2.75, 3.05) is 38.7 Å². The van der Waals surface area contributed by atoms with Crippen LogP contribution in [0.25, 0.3) is 0 Å². The van der Waals surface area contributed by atoms with Crippen molar-refractivity contribution in [3.8, 4) is 0 Å². The summed E-state index contributed by atoms with van der Waals surface area (Å²) in [5, 5.41) is 6.79. The van der Waals surface area contributed by atoms with Crippen molar-refractivity contribution < 1.29 is 0 Å². The van der Waals surface area contributed by atoms with E-state index in [0.29, 0.717) is 0 Å². The average Bonchev–Trinajstić information content (AvgIpc) is 2.62. The molecule has 6 heteroatoms. The Morgan fingerprint density at radius 3 is 2.48 bits per heavy atom. The first-order valence-corrected chi connectivity index (χ1v) is 10.4. The van der Waals surface area contributed by atoms with E-state index in [2.05, 4.69) is 64.9 Å². The summed E-state index contributed by atoms with van der Waals surface area (Å²) in [6.07, 6.45) is 4.59. The molecule has 0 saturated carbocycles. The topological polar surface area (TPSA) is 39.7 Å². The van der Waals surface area contributed by atoms with Crippen molar-refractivity contribution in [3.05, 3.63) is 35.4 Å². The Hall–Kier alpha value is -0.470. The molecule has 0 fully saturated rings. The number of benzene rings is 1. The van der Waals surface area contributed by atoms with Gasteiger partial charge >= 0.3 is 0 Å². The van der Waals surface area contributed by atoms with Crippen LogP contribution < -0.4 is 10.6 Å². The predicted molar refractivity (Wildman–Crippen MR) is 124 cm³/mol. The van der Waals surface area contributed by atoms with Crippen LogP contribution in [0.15, 0.2) is 29.3 Å². The number of halogens is 1. The molecule has 144 valence electrons. The maximum atomic E-state index is 4.30. The number of unbranched alkanes of at least 4 members (excludes halogenated alkanes) is 1. The van der Waals surface area contributed by atoms with E-state index < -0.39 is 0 Å². The number of hydrogen-bond donors (Lipinski definition) is 2. The summed E-state index contributed by atoms with van der Waals surface area (Å²) in [5.74, 6) is 2.11. The molecule has 0 saturated heterocycles. The molecule has 0 radical (unpaired) electrons. The molecule has 0 bridgehead atoms. The van der Waals surface area contributed by atoms with Crippen molar-refractivity contribution in [1.82, 2.24) is 15.5 Å². The molecular formula is C19H35IN4S. The lowest BCUT2D eigenvalue weighted by Gasteiger charge is -2.18. The maximum Gasteiger partial charge on any atom is 0.191 e. The summed E-state index contributed by atoms with van der Waals surface area (Å²) >= 11 is 1.91. The van der Waals surface area contributed by atoms with Gasteiger partial charge in [-0.3, -0.25) is 9.89 Å². The van der Waals surface area contributed by atoms with Gasteiger partial charge in [0, 0.05) is 26.7 Å². The van der Waals surface area contributed by atoms with Gasteiger partial charge in [-0.1, -0.05) is 38.1 Å². The van der Waals surface area contributed by atoms with E-state index in [0.717, 1.165) is 38.7 Å². The van der Waals surface area contributed by atoms with E-state index in [1.807, 2.05) is 18.8 Å². The number of hydrogen-bond acceptors (Lipinski definition) is 3. The molecule has 4 nitrogen and oxygen atoms in total. The smallest absolute Gasteiger partial charge is 0.191 e. The van der Waals surface area contributed by atoms with E-state index in [1.165, 1.54) is 29.7 Å². The maximum absolute atomic E-state index is 4.30. The lowest BCUT2D eigenvalue weighted by atomic mass is 10.1. The Morgan fingerprint density at radius 1 is 1.12 bits per heavy atom. The number of guanidine groups is 1. The van der Waals surface area contributed by atoms with Crippen LogP contribution in [0.2, 0.25) is 0 Å². The summed E-state index contributed by atoms with van der Waals surface area (Å²) in [5.41, 5.74) is 2.67. The zero-order valence-electron chi connectivity index (χ0n) is 16.2.